The number of carbonyl (C=O) groups is 1. The maximum atomic E-state index is 13.6. The van der Waals surface area contributed by atoms with Gasteiger partial charge in [0.2, 0.25) is 5.91 Å². The van der Waals surface area contributed by atoms with Crippen LogP contribution in [-0.4, -0.2) is 20.9 Å². The first-order valence-corrected chi connectivity index (χ1v) is 13.0. The summed E-state index contributed by atoms with van der Waals surface area (Å²) in [5.41, 5.74) is 2.44. The quantitative estimate of drug-likeness (QED) is 0.284. The van der Waals surface area contributed by atoms with Gasteiger partial charge in [0.1, 0.15) is 12.3 Å². The van der Waals surface area contributed by atoms with Gasteiger partial charge in [-0.05, 0) is 73.5 Å². The monoisotopic (exact) mass is 520 g/mol. The summed E-state index contributed by atoms with van der Waals surface area (Å²) >= 11 is 6.18. The van der Waals surface area contributed by atoms with Gasteiger partial charge in [0.25, 0.3) is 10.0 Å². The zero-order valence-electron chi connectivity index (χ0n) is 19.8. The fraction of sp³-hybridized carbons (Fsp3) is 0.107. The van der Waals surface area contributed by atoms with Gasteiger partial charge in [-0.15, -0.1) is 0 Å². The second kappa shape index (κ2) is 10.8. The van der Waals surface area contributed by atoms with E-state index in [2.05, 4.69) is 5.32 Å². The molecule has 4 aromatic carbocycles. The second-order valence-corrected chi connectivity index (χ2v) is 10.4. The van der Waals surface area contributed by atoms with Crippen LogP contribution in [0.1, 0.15) is 11.1 Å². The maximum absolute atomic E-state index is 13.6. The molecule has 1 amide bonds. The molecule has 36 heavy (non-hydrogen) atoms. The predicted molar refractivity (Wildman–Crippen MR) is 143 cm³/mol. The van der Waals surface area contributed by atoms with Gasteiger partial charge in [0.15, 0.2) is 5.75 Å². The van der Waals surface area contributed by atoms with E-state index in [-0.39, 0.29) is 4.90 Å². The van der Waals surface area contributed by atoms with E-state index in [4.69, 9.17) is 16.3 Å². The summed E-state index contributed by atoms with van der Waals surface area (Å²) in [5, 5.41) is 3.17. The summed E-state index contributed by atoms with van der Waals surface area (Å²) in [7, 11) is -4.03. The van der Waals surface area contributed by atoms with Crippen LogP contribution in [0, 0.1) is 13.8 Å². The fourth-order valence-electron chi connectivity index (χ4n) is 3.65. The topological polar surface area (TPSA) is 75.7 Å². The molecule has 184 valence electrons. The smallest absolute Gasteiger partial charge is 0.264 e. The number of hydrogen-bond acceptors (Lipinski definition) is 4. The third kappa shape index (κ3) is 5.70. The van der Waals surface area contributed by atoms with Crippen LogP contribution in [-0.2, 0) is 14.8 Å². The maximum Gasteiger partial charge on any atom is 0.264 e. The van der Waals surface area contributed by atoms with Crippen molar-refractivity contribution in [3.8, 4) is 11.5 Å². The molecule has 0 aliphatic carbocycles. The highest BCUT2D eigenvalue weighted by Gasteiger charge is 2.28. The molecule has 0 saturated carbocycles. The summed E-state index contributed by atoms with van der Waals surface area (Å²) < 4.78 is 34.3. The lowest BCUT2D eigenvalue weighted by atomic mass is 10.1. The number of benzene rings is 4. The minimum atomic E-state index is -4.03. The van der Waals surface area contributed by atoms with Crippen molar-refractivity contribution in [1.29, 1.82) is 0 Å². The predicted octanol–water partition coefficient (Wildman–Crippen LogP) is 6.58. The molecule has 0 atom stereocenters. The Kier molecular flexibility index (Phi) is 7.62. The van der Waals surface area contributed by atoms with Crippen LogP contribution in [0.3, 0.4) is 0 Å². The van der Waals surface area contributed by atoms with Gasteiger partial charge < -0.3 is 10.1 Å². The molecule has 1 N–H and O–H groups in total. The summed E-state index contributed by atoms with van der Waals surface area (Å²) in [6.07, 6.45) is 0. The van der Waals surface area contributed by atoms with E-state index in [1.165, 1.54) is 12.1 Å². The fourth-order valence-corrected chi connectivity index (χ4v) is 5.32. The first-order chi connectivity index (χ1) is 17.3. The number of hydrogen-bond donors (Lipinski definition) is 1. The normalized spacial score (nSPS) is 11.1. The SMILES string of the molecule is Cc1cccc(N(CC(=O)Nc2cc(Cl)ccc2Oc2ccccc2)S(=O)(=O)c2ccccc2)c1C. The largest absolute Gasteiger partial charge is 0.455 e. The highest BCUT2D eigenvalue weighted by atomic mass is 35.5. The molecule has 6 nitrogen and oxygen atoms in total. The minimum Gasteiger partial charge on any atom is -0.455 e. The number of para-hydroxylation sites is 1. The average molecular weight is 521 g/mol. The van der Waals surface area contributed by atoms with Gasteiger partial charge in [-0.2, -0.15) is 0 Å². The van der Waals surface area contributed by atoms with E-state index >= 15 is 0 Å². The first-order valence-electron chi connectivity index (χ1n) is 11.2. The Balaban J connectivity index is 1.67. The molecule has 0 radical (unpaired) electrons. The molecule has 4 rings (SSSR count). The Labute approximate surface area is 216 Å². The van der Waals surface area contributed by atoms with Crippen molar-refractivity contribution in [2.24, 2.45) is 0 Å². The van der Waals surface area contributed by atoms with Crippen LogP contribution in [0.4, 0.5) is 11.4 Å². The average Bonchev–Trinajstić information content (AvgIpc) is 2.87. The van der Waals surface area contributed by atoms with Gasteiger partial charge in [0.05, 0.1) is 16.3 Å². The van der Waals surface area contributed by atoms with Crippen LogP contribution in [0.5, 0.6) is 11.5 Å². The van der Waals surface area contributed by atoms with E-state index in [0.717, 1.165) is 15.4 Å². The number of halogens is 1. The van der Waals surface area contributed by atoms with Gasteiger partial charge >= 0.3 is 0 Å². The molecule has 0 aliphatic rings. The Bertz CT molecular complexity index is 1480. The van der Waals surface area contributed by atoms with Crippen molar-refractivity contribution in [1.82, 2.24) is 0 Å². The molecule has 0 saturated heterocycles. The van der Waals surface area contributed by atoms with Gasteiger partial charge in [-0.25, -0.2) is 8.42 Å². The number of amides is 1. The van der Waals surface area contributed by atoms with Crippen molar-refractivity contribution in [2.45, 2.75) is 18.7 Å². The molecule has 4 aromatic rings. The summed E-state index contributed by atoms with van der Waals surface area (Å²) in [4.78, 5) is 13.4. The Hall–Kier alpha value is -3.81. The van der Waals surface area contributed by atoms with Crippen molar-refractivity contribution < 1.29 is 17.9 Å². The molecule has 0 aromatic heterocycles. The Morgan fingerprint density at radius 2 is 1.56 bits per heavy atom. The number of carbonyl (C=O) groups excluding carboxylic acids is 1. The molecule has 0 aliphatic heterocycles. The number of nitrogens with zero attached hydrogens (tertiary/aromatic N) is 1. The van der Waals surface area contributed by atoms with Gasteiger partial charge in [0, 0.05) is 5.02 Å². The highest BCUT2D eigenvalue weighted by molar-refractivity contribution is 7.92. The summed E-state index contributed by atoms with van der Waals surface area (Å²) in [5.74, 6) is 0.415. The van der Waals surface area contributed by atoms with Crippen molar-refractivity contribution in [2.75, 3.05) is 16.2 Å². The lowest BCUT2D eigenvalue weighted by Crippen LogP contribution is -2.38. The number of nitrogens with one attached hydrogen (secondary N) is 1. The van der Waals surface area contributed by atoms with E-state index in [0.29, 0.717) is 27.9 Å². The summed E-state index contributed by atoms with van der Waals surface area (Å²) in [6.45, 7) is 3.28. The molecule has 0 heterocycles. The number of sulfonamides is 1. The highest BCUT2D eigenvalue weighted by Crippen LogP contribution is 2.33. The van der Waals surface area contributed by atoms with E-state index < -0.39 is 22.5 Å². The molecule has 0 bridgehead atoms. The molecule has 8 heteroatoms. The van der Waals surface area contributed by atoms with Crippen LogP contribution in [0.25, 0.3) is 0 Å². The van der Waals surface area contributed by atoms with Crippen LogP contribution >= 0.6 is 11.6 Å². The number of aryl methyl sites for hydroxylation is 1. The van der Waals surface area contributed by atoms with Gasteiger partial charge in [-0.1, -0.05) is 60.1 Å². The van der Waals surface area contributed by atoms with Gasteiger partial charge in [-0.3, -0.25) is 9.10 Å². The third-order valence-electron chi connectivity index (χ3n) is 5.65. The zero-order valence-corrected chi connectivity index (χ0v) is 21.4. The third-order valence-corrected chi connectivity index (χ3v) is 7.66. The van der Waals surface area contributed by atoms with Crippen LogP contribution in [0.2, 0.25) is 5.02 Å². The van der Waals surface area contributed by atoms with E-state index in [9.17, 15) is 13.2 Å². The molecular formula is C28H25ClN2O4S. The zero-order chi connectivity index (χ0) is 25.7. The molecule has 0 unspecified atom stereocenters. The number of anilines is 2. The second-order valence-electron chi connectivity index (χ2n) is 8.15. The molecular weight excluding hydrogens is 496 g/mol. The minimum absolute atomic E-state index is 0.0922. The Morgan fingerprint density at radius 3 is 2.25 bits per heavy atom. The number of ether oxygens (including phenoxy) is 1. The van der Waals surface area contributed by atoms with E-state index in [1.807, 2.05) is 38.1 Å². The molecule has 0 spiro atoms. The van der Waals surface area contributed by atoms with Crippen LogP contribution in [0.15, 0.2) is 102 Å². The summed E-state index contributed by atoms with van der Waals surface area (Å²) in [6, 6.07) is 27.4. The number of rotatable bonds is 8. The van der Waals surface area contributed by atoms with Crippen molar-refractivity contribution in [3.63, 3.8) is 0 Å². The molecule has 0 fully saturated rings. The van der Waals surface area contributed by atoms with Crippen molar-refractivity contribution in [3.05, 3.63) is 113 Å². The lowest BCUT2D eigenvalue weighted by molar-refractivity contribution is -0.114. The first kappa shape index (κ1) is 25.3. The standard InChI is InChI=1S/C28H25ClN2O4S/c1-20-10-9-15-26(21(20)2)31(36(33,34)24-13-7-4-8-14-24)19-28(32)30-25-18-22(29)16-17-27(25)35-23-11-5-3-6-12-23/h3-18H,19H2,1-2H3,(H,30,32). The van der Waals surface area contributed by atoms with E-state index in [1.54, 1.807) is 60.7 Å². The lowest BCUT2D eigenvalue weighted by Gasteiger charge is -2.26. The van der Waals surface area contributed by atoms with Crippen LogP contribution < -0.4 is 14.4 Å². The van der Waals surface area contributed by atoms with Crippen molar-refractivity contribution >= 4 is 38.9 Å². The Morgan fingerprint density at radius 1 is 0.889 bits per heavy atom.